The summed E-state index contributed by atoms with van der Waals surface area (Å²) in [6.45, 7) is -0.308. The number of aliphatic carboxylic acids is 1. The van der Waals surface area contributed by atoms with Crippen LogP contribution in [0.25, 0.3) is 11.0 Å². The summed E-state index contributed by atoms with van der Waals surface area (Å²) in [5.74, 6) is -0.900. The number of nitro benzene ring substituents is 1. The number of carbonyl (C=O) groups is 1. The maximum atomic E-state index is 11.3. The molecule has 0 amide bonds. The lowest BCUT2D eigenvalue weighted by Gasteiger charge is -2.24. The average molecular weight is 355 g/mol. The molecular formula is C16H13N5O5. The van der Waals surface area contributed by atoms with Gasteiger partial charge in [0.05, 0.1) is 21.8 Å². The summed E-state index contributed by atoms with van der Waals surface area (Å²) in [5, 5.41) is 33.8. The van der Waals surface area contributed by atoms with Gasteiger partial charge in [0.2, 0.25) is 0 Å². The SMILES string of the molecule is O=C(O)CN1c2ccccc2NC1c1nc2ccc([N+](=O)[O-])cc2n1O. The fourth-order valence-electron chi connectivity index (χ4n) is 3.10. The van der Waals surface area contributed by atoms with Gasteiger partial charge in [-0.3, -0.25) is 14.9 Å². The van der Waals surface area contributed by atoms with Crippen molar-refractivity contribution in [3.05, 3.63) is 58.4 Å². The van der Waals surface area contributed by atoms with Crippen molar-refractivity contribution in [2.75, 3.05) is 16.8 Å². The second-order valence-corrected chi connectivity index (χ2v) is 5.80. The highest BCUT2D eigenvalue weighted by atomic mass is 16.6. The van der Waals surface area contributed by atoms with Crippen LogP contribution in [-0.4, -0.2) is 37.5 Å². The second kappa shape index (κ2) is 5.62. The number of benzene rings is 2. The molecule has 3 N–H and O–H groups in total. The van der Waals surface area contributed by atoms with Gasteiger partial charge < -0.3 is 20.5 Å². The van der Waals surface area contributed by atoms with Crippen LogP contribution in [0.3, 0.4) is 0 Å². The predicted molar refractivity (Wildman–Crippen MR) is 91.4 cm³/mol. The molecule has 1 atom stereocenters. The Labute approximate surface area is 146 Å². The molecule has 2 aromatic carbocycles. The summed E-state index contributed by atoms with van der Waals surface area (Å²) in [5.41, 5.74) is 1.72. The summed E-state index contributed by atoms with van der Waals surface area (Å²) in [6, 6.07) is 11.1. The van der Waals surface area contributed by atoms with E-state index in [1.54, 1.807) is 29.2 Å². The molecule has 1 aliphatic rings. The minimum Gasteiger partial charge on any atom is -0.480 e. The molecule has 0 saturated heterocycles. The highest BCUT2D eigenvalue weighted by Gasteiger charge is 2.35. The van der Waals surface area contributed by atoms with E-state index in [9.17, 15) is 25.2 Å². The van der Waals surface area contributed by atoms with E-state index < -0.39 is 17.1 Å². The molecular weight excluding hydrogens is 342 g/mol. The number of nitrogens with one attached hydrogen (secondary N) is 1. The Kier molecular flexibility index (Phi) is 3.39. The van der Waals surface area contributed by atoms with Gasteiger partial charge in [-0.05, 0) is 18.2 Å². The number of aromatic nitrogens is 2. The zero-order valence-corrected chi connectivity index (χ0v) is 13.2. The molecule has 4 rings (SSSR count). The predicted octanol–water partition coefficient (Wildman–Crippen LogP) is 2.20. The average Bonchev–Trinajstić information content (AvgIpc) is 3.12. The number of nitro groups is 1. The number of non-ortho nitro benzene ring substituents is 1. The molecule has 3 aromatic rings. The third kappa shape index (κ3) is 2.35. The molecule has 0 radical (unpaired) electrons. The normalized spacial score (nSPS) is 15.7. The van der Waals surface area contributed by atoms with Crippen molar-refractivity contribution >= 4 is 34.1 Å². The molecule has 0 bridgehead atoms. The van der Waals surface area contributed by atoms with Crippen LogP contribution in [0, 0.1) is 10.1 Å². The molecule has 0 fully saturated rings. The van der Waals surface area contributed by atoms with Crippen LogP contribution in [0.15, 0.2) is 42.5 Å². The van der Waals surface area contributed by atoms with E-state index in [1.807, 2.05) is 0 Å². The van der Waals surface area contributed by atoms with Gasteiger partial charge in [0, 0.05) is 12.1 Å². The van der Waals surface area contributed by atoms with Gasteiger partial charge in [0.1, 0.15) is 12.1 Å². The number of imidazole rings is 1. The van der Waals surface area contributed by atoms with Crippen molar-refractivity contribution in [2.45, 2.75) is 6.17 Å². The van der Waals surface area contributed by atoms with Gasteiger partial charge in [0.15, 0.2) is 12.0 Å². The van der Waals surface area contributed by atoms with Crippen LogP contribution < -0.4 is 10.2 Å². The van der Waals surface area contributed by atoms with Crippen molar-refractivity contribution < 1.29 is 20.0 Å². The fourth-order valence-corrected chi connectivity index (χ4v) is 3.10. The minimum absolute atomic E-state index is 0.137. The summed E-state index contributed by atoms with van der Waals surface area (Å²) in [4.78, 5) is 27.6. The lowest BCUT2D eigenvalue weighted by atomic mass is 10.2. The molecule has 10 heteroatoms. The standard InChI is InChI=1S/C16H13N5O5/c22-14(23)8-19-12-4-2-1-3-10(12)17-15(19)16-18-11-6-5-9(21(25)26)7-13(11)20(16)24/h1-7,15,17,24H,8H2,(H,22,23). The zero-order valence-electron chi connectivity index (χ0n) is 13.2. The van der Waals surface area contributed by atoms with E-state index in [2.05, 4.69) is 10.3 Å². The molecule has 0 aliphatic carbocycles. The molecule has 26 heavy (non-hydrogen) atoms. The van der Waals surface area contributed by atoms with E-state index in [1.165, 1.54) is 18.2 Å². The number of hydrogen-bond acceptors (Lipinski definition) is 7. The van der Waals surface area contributed by atoms with Crippen molar-refractivity contribution in [3.8, 4) is 0 Å². The van der Waals surface area contributed by atoms with Crippen LogP contribution in [0.2, 0.25) is 0 Å². The Bertz CT molecular complexity index is 1050. The molecule has 1 aromatic heterocycles. The van der Waals surface area contributed by atoms with E-state index in [4.69, 9.17) is 0 Å². The van der Waals surface area contributed by atoms with E-state index in [0.717, 1.165) is 4.73 Å². The van der Waals surface area contributed by atoms with Crippen molar-refractivity contribution in [3.63, 3.8) is 0 Å². The van der Waals surface area contributed by atoms with Gasteiger partial charge in [-0.15, -0.1) is 0 Å². The van der Waals surface area contributed by atoms with Crippen LogP contribution in [-0.2, 0) is 4.79 Å². The first-order valence-corrected chi connectivity index (χ1v) is 7.66. The Balaban J connectivity index is 1.82. The van der Waals surface area contributed by atoms with Crippen LogP contribution >= 0.6 is 0 Å². The smallest absolute Gasteiger partial charge is 0.323 e. The number of rotatable bonds is 4. The topological polar surface area (TPSA) is 134 Å². The number of nitrogens with zero attached hydrogens (tertiary/aromatic N) is 4. The van der Waals surface area contributed by atoms with Gasteiger partial charge >= 0.3 is 5.97 Å². The number of carboxylic acid groups (broad SMARTS) is 1. The maximum absolute atomic E-state index is 11.3. The van der Waals surface area contributed by atoms with Crippen molar-refractivity contribution in [2.24, 2.45) is 0 Å². The number of para-hydroxylation sites is 2. The van der Waals surface area contributed by atoms with E-state index >= 15 is 0 Å². The van der Waals surface area contributed by atoms with Crippen LogP contribution in [0.1, 0.15) is 12.0 Å². The highest BCUT2D eigenvalue weighted by Crippen LogP contribution is 2.40. The molecule has 1 aliphatic heterocycles. The number of fused-ring (bicyclic) bond motifs is 2. The first-order chi connectivity index (χ1) is 12.5. The molecule has 10 nitrogen and oxygen atoms in total. The minimum atomic E-state index is -1.04. The Morgan fingerprint density at radius 3 is 2.81 bits per heavy atom. The van der Waals surface area contributed by atoms with Crippen LogP contribution in [0.5, 0.6) is 0 Å². The van der Waals surface area contributed by atoms with Crippen molar-refractivity contribution in [1.82, 2.24) is 9.71 Å². The first kappa shape index (κ1) is 15.7. The number of hydrogen-bond donors (Lipinski definition) is 3. The number of anilines is 2. The Morgan fingerprint density at radius 1 is 1.31 bits per heavy atom. The summed E-state index contributed by atoms with van der Waals surface area (Å²) in [7, 11) is 0. The van der Waals surface area contributed by atoms with Gasteiger partial charge in [-0.25, -0.2) is 4.98 Å². The molecule has 2 heterocycles. The first-order valence-electron chi connectivity index (χ1n) is 7.66. The summed E-state index contributed by atoms with van der Waals surface area (Å²) < 4.78 is 0.751. The van der Waals surface area contributed by atoms with E-state index in [-0.39, 0.29) is 23.6 Å². The third-order valence-electron chi connectivity index (χ3n) is 4.22. The number of carboxylic acids is 1. The Morgan fingerprint density at radius 2 is 2.08 bits per heavy atom. The summed E-state index contributed by atoms with van der Waals surface area (Å²) >= 11 is 0. The fraction of sp³-hybridized carbons (Fsp3) is 0.125. The van der Waals surface area contributed by atoms with Crippen LogP contribution in [0.4, 0.5) is 17.1 Å². The van der Waals surface area contributed by atoms with Gasteiger partial charge in [0.25, 0.3) is 5.69 Å². The third-order valence-corrected chi connectivity index (χ3v) is 4.22. The molecule has 1 unspecified atom stereocenters. The van der Waals surface area contributed by atoms with E-state index in [0.29, 0.717) is 16.9 Å². The highest BCUT2D eigenvalue weighted by molar-refractivity contribution is 5.84. The largest absolute Gasteiger partial charge is 0.480 e. The lowest BCUT2D eigenvalue weighted by molar-refractivity contribution is -0.384. The van der Waals surface area contributed by atoms with Gasteiger partial charge in [-0.1, -0.05) is 12.1 Å². The second-order valence-electron chi connectivity index (χ2n) is 5.80. The molecule has 0 spiro atoms. The molecule has 132 valence electrons. The maximum Gasteiger partial charge on any atom is 0.323 e. The quantitative estimate of drug-likeness (QED) is 0.368. The monoisotopic (exact) mass is 355 g/mol. The molecule has 0 saturated carbocycles. The van der Waals surface area contributed by atoms with Crippen molar-refractivity contribution in [1.29, 1.82) is 0 Å². The lowest BCUT2D eigenvalue weighted by Crippen LogP contribution is -2.34. The van der Waals surface area contributed by atoms with Gasteiger partial charge in [-0.2, -0.15) is 4.73 Å². The Hall–Kier alpha value is -3.82. The zero-order chi connectivity index (χ0) is 18.4. The summed E-state index contributed by atoms with van der Waals surface area (Å²) in [6.07, 6.45) is -0.736.